The number of benzene rings is 2. The summed E-state index contributed by atoms with van der Waals surface area (Å²) in [4.78, 5) is 13.4. The van der Waals surface area contributed by atoms with E-state index in [1.807, 2.05) is 43.5 Å². The number of hydrogen-bond acceptors (Lipinski definition) is 6. The van der Waals surface area contributed by atoms with Crippen molar-refractivity contribution in [3.05, 3.63) is 53.2 Å². The predicted octanol–water partition coefficient (Wildman–Crippen LogP) is 3.56. The lowest BCUT2D eigenvalue weighted by Gasteiger charge is -2.25. The van der Waals surface area contributed by atoms with Gasteiger partial charge < -0.3 is 34.7 Å². The molecule has 1 aliphatic carbocycles. The highest BCUT2D eigenvalue weighted by molar-refractivity contribution is 6.03. The Hall–Kier alpha value is -3.21. The van der Waals surface area contributed by atoms with Crippen molar-refractivity contribution in [1.29, 1.82) is 0 Å². The number of aliphatic hydroxyl groups is 3. The first kappa shape index (κ1) is 25.4. The van der Waals surface area contributed by atoms with Gasteiger partial charge in [-0.1, -0.05) is 19.9 Å². The first-order chi connectivity index (χ1) is 17.4. The Bertz CT molecular complexity index is 1380. The Labute approximate surface area is 212 Å². The lowest BCUT2D eigenvalue weighted by Crippen LogP contribution is -2.29. The number of ether oxygens (including phenoxy) is 2. The monoisotopic (exact) mass is 516 g/mol. The molecule has 0 bridgehead atoms. The molecule has 3 aromatic rings. The largest absolute Gasteiger partial charge is 0.586 e. The number of halogens is 2. The van der Waals surface area contributed by atoms with Crippen molar-refractivity contribution in [2.75, 3.05) is 18.5 Å². The van der Waals surface area contributed by atoms with Crippen LogP contribution in [0.1, 0.15) is 43.5 Å². The molecule has 8 nitrogen and oxygen atoms in total. The van der Waals surface area contributed by atoms with E-state index in [0.29, 0.717) is 24.1 Å². The first-order valence-electron chi connectivity index (χ1n) is 12.1. The van der Waals surface area contributed by atoms with E-state index in [9.17, 15) is 28.9 Å². The quantitative estimate of drug-likeness (QED) is 0.364. The van der Waals surface area contributed by atoms with E-state index >= 15 is 0 Å². The van der Waals surface area contributed by atoms with Crippen LogP contribution >= 0.6 is 0 Å². The van der Waals surface area contributed by atoms with Crippen molar-refractivity contribution < 1.29 is 38.4 Å². The molecule has 0 saturated heterocycles. The molecule has 1 atom stereocenters. The Morgan fingerprint density at radius 3 is 2.49 bits per heavy atom. The van der Waals surface area contributed by atoms with Crippen LogP contribution in [0.3, 0.4) is 0 Å². The fourth-order valence-corrected chi connectivity index (χ4v) is 4.92. The van der Waals surface area contributed by atoms with E-state index in [4.69, 9.17) is 0 Å². The van der Waals surface area contributed by atoms with Crippen molar-refractivity contribution in [1.82, 2.24) is 4.57 Å². The standard InChI is InChI=1S/C27H30F2N2O6/c1-15-8-20-16(10-23(25(2,3)14-33)31(20)12-18(34)13-32)9-19(15)30-24(35)26(6-7-26)17-4-5-21-22(11-17)37-27(28,29)36-21/h4-5,8-11,18,32-34H,6-7,12-14H2,1-3H3,(H,30,35)/t18-/m1/s1. The van der Waals surface area contributed by atoms with E-state index in [1.165, 1.54) is 12.1 Å². The fraction of sp³-hybridized carbons (Fsp3) is 0.444. The highest BCUT2D eigenvalue weighted by Crippen LogP contribution is 2.52. The number of nitrogens with one attached hydrogen (secondary N) is 1. The molecule has 10 heteroatoms. The number of anilines is 1. The highest BCUT2D eigenvalue weighted by Gasteiger charge is 2.53. The normalized spacial score (nSPS) is 18.2. The number of carbonyl (C=O) groups is 1. The van der Waals surface area contributed by atoms with Gasteiger partial charge in [-0.3, -0.25) is 4.79 Å². The zero-order valence-corrected chi connectivity index (χ0v) is 20.8. The number of rotatable bonds is 8. The average Bonchev–Trinajstić information content (AvgIpc) is 3.50. The molecule has 1 fully saturated rings. The summed E-state index contributed by atoms with van der Waals surface area (Å²) in [5.74, 6) is -0.403. The van der Waals surface area contributed by atoms with Gasteiger partial charge in [-0.15, -0.1) is 8.78 Å². The maximum Gasteiger partial charge on any atom is 0.586 e. The minimum absolute atomic E-state index is 0.0660. The second-order valence-electron chi connectivity index (χ2n) is 10.6. The molecule has 1 aliphatic heterocycles. The molecule has 2 heterocycles. The minimum Gasteiger partial charge on any atom is -0.395 e. The van der Waals surface area contributed by atoms with Gasteiger partial charge in [-0.2, -0.15) is 0 Å². The zero-order valence-electron chi connectivity index (χ0n) is 20.8. The number of alkyl halides is 2. The summed E-state index contributed by atoms with van der Waals surface area (Å²) in [6, 6.07) is 10.1. The van der Waals surface area contributed by atoms with E-state index in [0.717, 1.165) is 22.2 Å². The molecule has 1 amide bonds. The summed E-state index contributed by atoms with van der Waals surface area (Å²) in [5.41, 5.74) is 2.10. The topological polar surface area (TPSA) is 113 Å². The Kier molecular flexibility index (Phi) is 5.97. The third kappa shape index (κ3) is 4.43. The number of carbonyl (C=O) groups excluding carboxylic acids is 1. The number of fused-ring (bicyclic) bond motifs is 2. The maximum atomic E-state index is 13.5. The van der Waals surface area contributed by atoms with Gasteiger partial charge in [0, 0.05) is 27.7 Å². The number of aromatic nitrogens is 1. The molecule has 2 aromatic carbocycles. The van der Waals surface area contributed by atoms with Crippen molar-refractivity contribution >= 4 is 22.5 Å². The third-order valence-corrected chi connectivity index (χ3v) is 7.33. The van der Waals surface area contributed by atoms with E-state index in [-0.39, 0.29) is 30.6 Å². The summed E-state index contributed by atoms with van der Waals surface area (Å²) in [7, 11) is 0. The van der Waals surface area contributed by atoms with Gasteiger partial charge in [0.1, 0.15) is 0 Å². The Morgan fingerprint density at radius 2 is 1.84 bits per heavy atom. The lowest BCUT2D eigenvalue weighted by molar-refractivity contribution is -0.286. The van der Waals surface area contributed by atoms with Gasteiger partial charge in [0.05, 0.1) is 31.3 Å². The van der Waals surface area contributed by atoms with Crippen LogP contribution in [0.2, 0.25) is 0 Å². The van der Waals surface area contributed by atoms with Crippen molar-refractivity contribution in [3.8, 4) is 11.5 Å². The zero-order chi connectivity index (χ0) is 26.8. The average molecular weight is 517 g/mol. The molecule has 0 radical (unpaired) electrons. The van der Waals surface area contributed by atoms with Crippen LogP contribution in [0.15, 0.2) is 36.4 Å². The number of aryl methyl sites for hydroxylation is 1. The Morgan fingerprint density at radius 1 is 1.14 bits per heavy atom. The molecule has 0 spiro atoms. The van der Waals surface area contributed by atoms with Gasteiger partial charge in [-0.05, 0) is 61.2 Å². The van der Waals surface area contributed by atoms with Crippen molar-refractivity contribution in [3.63, 3.8) is 0 Å². The van der Waals surface area contributed by atoms with E-state index in [2.05, 4.69) is 14.8 Å². The molecule has 4 N–H and O–H groups in total. The summed E-state index contributed by atoms with van der Waals surface area (Å²) in [6.07, 6.45) is -3.56. The Balaban J connectivity index is 1.46. The number of hydrogen-bond donors (Lipinski definition) is 4. The molecular formula is C27H30F2N2O6. The van der Waals surface area contributed by atoms with Crippen molar-refractivity contribution in [2.24, 2.45) is 0 Å². The molecule has 5 rings (SSSR count). The third-order valence-electron chi connectivity index (χ3n) is 7.33. The number of amides is 1. The van der Waals surface area contributed by atoms with Gasteiger partial charge in [0.15, 0.2) is 11.5 Å². The first-order valence-corrected chi connectivity index (χ1v) is 12.1. The molecule has 1 aromatic heterocycles. The van der Waals surface area contributed by atoms with Gasteiger partial charge >= 0.3 is 6.29 Å². The van der Waals surface area contributed by atoms with Crippen LogP contribution < -0.4 is 14.8 Å². The summed E-state index contributed by atoms with van der Waals surface area (Å²) in [5, 5.41) is 33.3. The molecule has 1 saturated carbocycles. The van der Waals surface area contributed by atoms with Gasteiger partial charge in [0.25, 0.3) is 0 Å². The van der Waals surface area contributed by atoms with Crippen LogP contribution in [0.5, 0.6) is 11.5 Å². The predicted molar refractivity (Wildman–Crippen MR) is 132 cm³/mol. The molecule has 2 aliphatic rings. The van der Waals surface area contributed by atoms with Crippen LogP contribution in [0.25, 0.3) is 10.9 Å². The SMILES string of the molecule is Cc1cc2c(cc1NC(=O)C1(c3ccc4c(c3)OC(F)(F)O4)CC1)cc(C(C)(C)CO)n2C[C@@H](O)CO. The molecule has 37 heavy (non-hydrogen) atoms. The molecule has 198 valence electrons. The smallest absolute Gasteiger partial charge is 0.395 e. The van der Waals surface area contributed by atoms with Gasteiger partial charge in [-0.25, -0.2) is 0 Å². The minimum atomic E-state index is -3.72. The van der Waals surface area contributed by atoms with E-state index in [1.54, 1.807) is 6.07 Å². The summed E-state index contributed by atoms with van der Waals surface area (Å²) in [6.45, 7) is 5.26. The number of aliphatic hydroxyl groups excluding tert-OH is 3. The summed E-state index contributed by atoms with van der Waals surface area (Å²) >= 11 is 0. The second kappa shape index (κ2) is 8.68. The molecule has 0 unspecified atom stereocenters. The highest BCUT2D eigenvalue weighted by atomic mass is 19.3. The van der Waals surface area contributed by atoms with Crippen LogP contribution in [-0.2, 0) is 22.2 Å². The fourth-order valence-electron chi connectivity index (χ4n) is 4.92. The van der Waals surface area contributed by atoms with Crippen molar-refractivity contribution in [2.45, 2.75) is 63.4 Å². The van der Waals surface area contributed by atoms with Crippen LogP contribution in [-0.4, -0.2) is 51.4 Å². The van der Waals surface area contributed by atoms with Crippen LogP contribution in [0.4, 0.5) is 14.5 Å². The van der Waals surface area contributed by atoms with Gasteiger partial charge in [0.2, 0.25) is 5.91 Å². The lowest BCUT2D eigenvalue weighted by atomic mass is 9.90. The second-order valence-corrected chi connectivity index (χ2v) is 10.6. The van der Waals surface area contributed by atoms with E-state index < -0.39 is 29.8 Å². The summed E-state index contributed by atoms with van der Waals surface area (Å²) < 4.78 is 37.8. The molecular weight excluding hydrogens is 486 g/mol. The maximum absolute atomic E-state index is 13.5. The van der Waals surface area contributed by atoms with Crippen LogP contribution in [0, 0.1) is 6.92 Å². The number of nitrogens with zero attached hydrogens (tertiary/aromatic N) is 1.